The number of carbonyl (C=O) groups is 1. The van der Waals surface area contributed by atoms with Crippen LogP contribution in [0.3, 0.4) is 0 Å². The average Bonchev–Trinajstić information content (AvgIpc) is 3.34. The minimum absolute atomic E-state index is 0.214. The molecule has 2 amide bonds. The lowest BCUT2D eigenvalue weighted by atomic mass is 10.2. The molecule has 144 valence electrons. The lowest BCUT2D eigenvalue weighted by Gasteiger charge is -2.19. The Morgan fingerprint density at radius 2 is 1.38 bits per heavy atom. The van der Waals surface area contributed by atoms with Crippen molar-refractivity contribution in [2.24, 2.45) is 0 Å². The smallest absolute Gasteiger partial charge is 0.315 e. The molecule has 0 saturated carbocycles. The van der Waals surface area contributed by atoms with Gasteiger partial charge in [-0.1, -0.05) is 10.4 Å². The zero-order valence-electron chi connectivity index (χ0n) is 14.2. The molecule has 0 spiro atoms. The van der Waals surface area contributed by atoms with Gasteiger partial charge >= 0.3 is 6.03 Å². The van der Waals surface area contributed by atoms with Crippen molar-refractivity contribution in [1.82, 2.24) is 51.9 Å². The van der Waals surface area contributed by atoms with Crippen molar-refractivity contribution in [3.8, 4) is 0 Å². The third kappa shape index (κ3) is 6.28. The van der Waals surface area contributed by atoms with Crippen LogP contribution in [0, 0.1) is 0 Å². The molecule has 0 aliphatic carbocycles. The van der Waals surface area contributed by atoms with Crippen LogP contribution >= 0.6 is 0 Å². The fourth-order valence-corrected chi connectivity index (χ4v) is 2.02. The maximum Gasteiger partial charge on any atom is 0.315 e. The van der Waals surface area contributed by atoms with Crippen molar-refractivity contribution in [1.29, 1.82) is 0 Å². The minimum atomic E-state index is -0.551. The predicted octanol–water partition coefficient (Wildman–Crippen LogP) is -1.27. The number of rotatable bonds is 12. The third-order valence-electron chi connectivity index (χ3n) is 3.17. The van der Waals surface area contributed by atoms with Gasteiger partial charge in [0.1, 0.15) is 0 Å². The monoisotopic (exact) mass is 372 g/mol. The van der Waals surface area contributed by atoms with E-state index in [0.717, 1.165) is 0 Å². The molecule has 0 aliphatic rings. The van der Waals surface area contributed by atoms with E-state index in [1.165, 1.54) is 14.2 Å². The minimum Gasteiger partial charge on any atom is -0.328 e. The van der Waals surface area contributed by atoms with E-state index in [2.05, 4.69) is 61.7 Å². The third-order valence-corrected chi connectivity index (χ3v) is 3.17. The van der Waals surface area contributed by atoms with E-state index < -0.39 is 18.1 Å². The molecule has 26 heavy (non-hydrogen) atoms. The number of tetrazole rings is 2. The fourth-order valence-electron chi connectivity index (χ4n) is 2.02. The summed E-state index contributed by atoms with van der Waals surface area (Å²) in [7, 11) is 2.78. The van der Waals surface area contributed by atoms with E-state index in [4.69, 9.17) is 9.78 Å². The number of aromatic amines is 2. The van der Waals surface area contributed by atoms with Crippen molar-refractivity contribution in [2.75, 3.05) is 27.4 Å². The lowest BCUT2D eigenvalue weighted by molar-refractivity contribution is -0.273. The second kappa shape index (κ2) is 11.0. The summed E-state index contributed by atoms with van der Waals surface area (Å²) in [6, 6.07) is -1.60. The molecule has 4 N–H and O–H groups in total. The zero-order valence-corrected chi connectivity index (χ0v) is 14.2. The summed E-state index contributed by atoms with van der Waals surface area (Å²) in [5.41, 5.74) is 0. The van der Waals surface area contributed by atoms with E-state index >= 15 is 0 Å². The molecule has 0 fully saturated rings. The van der Waals surface area contributed by atoms with E-state index in [9.17, 15) is 4.79 Å². The van der Waals surface area contributed by atoms with Crippen LogP contribution in [0.2, 0.25) is 0 Å². The Kier molecular flexibility index (Phi) is 8.27. The molecule has 2 heterocycles. The van der Waals surface area contributed by atoms with Crippen LogP contribution < -0.4 is 10.6 Å². The molecule has 0 radical (unpaired) electrons. The van der Waals surface area contributed by atoms with Crippen LogP contribution in [-0.2, 0) is 19.6 Å². The maximum absolute atomic E-state index is 12.4. The van der Waals surface area contributed by atoms with E-state index in [1.807, 2.05) is 0 Å². The predicted molar refractivity (Wildman–Crippen MR) is 80.7 cm³/mol. The Hall–Kier alpha value is -2.75. The van der Waals surface area contributed by atoms with Crippen molar-refractivity contribution >= 4 is 6.03 Å². The topological polar surface area (TPSA) is 187 Å². The Morgan fingerprint density at radius 1 is 0.923 bits per heavy atom. The number of urea groups is 1. The van der Waals surface area contributed by atoms with E-state index in [-0.39, 0.29) is 13.2 Å². The van der Waals surface area contributed by atoms with Crippen LogP contribution in [-0.4, -0.2) is 74.7 Å². The molecule has 15 nitrogen and oxygen atoms in total. The number of H-pyrrole nitrogens is 2. The van der Waals surface area contributed by atoms with Crippen molar-refractivity contribution in [2.45, 2.75) is 24.9 Å². The standard InChI is InChI=1S/C11H20N10O5/c1-23-25-5-3-7(9-14-18-19-15-9)12-11(22)13-8(4-6-26-24-2)10-16-20-21-17-10/h7-8H,3-6H2,1-2H3,(H2,12,13,22)(H,14,15,18,19)(H,16,17,20,21)/t7-,8?/m0/s1. The van der Waals surface area contributed by atoms with Gasteiger partial charge in [-0.2, -0.15) is 10.4 Å². The number of aromatic nitrogens is 8. The molecule has 0 bridgehead atoms. The SMILES string of the molecule is COOCCC(NC(=O)N[C@@H](CCOOC)c1nn[nH]n1)c1nn[nH]n1. The Morgan fingerprint density at radius 3 is 1.73 bits per heavy atom. The number of carbonyl (C=O) groups excluding carboxylic acids is 1. The highest BCUT2D eigenvalue weighted by Gasteiger charge is 2.23. The molecule has 15 heteroatoms. The molecule has 2 aromatic rings. The first-order chi connectivity index (χ1) is 12.7. The van der Waals surface area contributed by atoms with Gasteiger partial charge in [0.25, 0.3) is 0 Å². The first-order valence-electron chi connectivity index (χ1n) is 7.59. The summed E-state index contributed by atoms with van der Waals surface area (Å²) in [6.07, 6.45) is 0.723. The molecule has 1 unspecified atom stereocenters. The van der Waals surface area contributed by atoms with Gasteiger partial charge in [0, 0.05) is 12.8 Å². The number of nitrogens with one attached hydrogen (secondary N) is 4. The van der Waals surface area contributed by atoms with Crippen LogP contribution in [0.15, 0.2) is 0 Å². The summed E-state index contributed by atoms with van der Waals surface area (Å²) in [6.45, 7) is 0.428. The highest BCUT2D eigenvalue weighted by atomic mass is 17.2. The Bertz CT molecular complexity index is 557. The van der Waals surface area contributed by atoms with Gasteiger partial charge in [0.05, 0.1) is 39.5 Å². The van der Waals surface area contributed by atoms with Crippen LogP contribution in [0.25, 0.3) is 0 Å². The van der Waals surface area contributed by atoms with Crippen LogP contribution in [0.1, 0.15) is 36.6 Å². The largest absolute Gasteiger partial charge is 0.328 e. The quantitative estimate of drug-likeness (QED) is 0.197. The maximum atomic E-state index is 12.4. The van der Waals surface area contributed by atoms with Crippen molar-refractivity contribution in [3.05, 3.63) is 11.6 Å². The lowest BCUT2D eigenvalue weighted by Crippen LogP contribution is -2.41. The number of hydrogen-bond acceptors (Lipinski definition) is 11. The highest BCUT2D eigenvalue weighted by Crippen LogP contribution is 2.14. The van der Waals surface area contributed by atoms with E-state index in [0.29, 0.717) is 24.5 Å². The highest BCUT2D eigenvalue weighted by molar-refractivity contribution is 5.74. The molecule has 0 aromatic carbocycles. The molecule has 2 rings (SSSR count). The normalized spacial score (nSPS) is 13.3. The van der Waals surface area contributed by atoms with Gasteiger partial charge in [-0.05, 0) is 0 Å². The first kappa shape index (κ1) is 19.6. The van der Waals surface area contributed by atoms with Gasteiger partial charge < -0.3 is 10.6 Å². The second-order valence-corrected chi connectivity index (χ2v) is 4.82. The van der Waals surface area contributed by atoms with Gasteiger partial charge in [-0.15, -0.1) is 20.4 Å². The Labute approximate surface area is 147 Å². The van der Waals surface area contributed by atoms with Crippen LogP contribution in [0.4, 0.5) is 4.79 Å². The van der Waals surface area contributed by atoms with Crippen molar-refractivity contribution in [3.63, 3.8) is 0 Å². The summed E-state index contributed by atoms with van der Waals surface area (Å²) < 4.78 is 0. The van der Waals surface area contributed by atoms with Crippen molar-refractivity contribution < 1.29 is 24.3 Å². The van der Waals surface area contributed by atoms with Crippen LogP contribution in [0.5, 0.6) is 0 Å². The molecular weight excluding hydrogens is 352 g/mol. The van der Waals surface area contributed by atoms with Gasteiger partial charge in [-0.3, -0.25) is 0 Å². The zero-order chi connectivity index (χ0) is 18.6. The summed E-state index contributed by atoms with van der Waals surface area (Å²) in [5, 5.41) is 32.6. The molecular formula is C11H20N10O5. The molecule has 0 saturated heterocycles. The fraction of sp³-hybridized carbons (Fsp3) is 0.727. The molecule has 2 aromatic heterocycles. The number of nitrogens with zero attached hydrogens (tertiary/aromatic N) is 6. The van der Waals surface area contributed by atoms with E-state index in [1.54, 1.807) is 0 Å². The second-order valence-electron chi connectivity index (χ2n) is 4.82. The average molecular weight is 372 g/mol. The molecule has 0 aliphatic heterocycles. The van der Waals surface area contributed by atoms with Gasteiger partial charge in [0.15, 0.2) is 11.6 Å². The molecule has 2 atom stereocenters. The number of hydrogen-bond donors (Lipinski definition) is 4. The van der Waals surface area contributed by atoms with Gasteiger partial charge in [0.2, 0.25) is 0 Å². The Balaban J connectivity index is 1.95. The summed E-state index contributed by atoms with van der Waals surface area (Å²) >= 11 is 0. The van der Waals surface area contributed by atoms with Gasteiger partial charge in [-0.25, -0.2) is 24.3 Å². The summed E-state index contributed by atoms with van der Waals surface area (Å²) in [5.74, 6) is 0.609. The number of amides is 2. The first-order valence-corrected chi connectivity index (χ1v) is 7.59. The summed E-state index contributed by atoms with van der Waals surface area (Å²) in [4.78, 5) is 31.1.